The lowest BCUT2D eigenvalue weighted by Gasteiger charge is -2.21. The molecule has 0 bridgehead atoms. The standard InChI is InChI=1S/C28H46O4/c1-5-6-7-8-9-10-11-12-13-14-15-16-17-18-19-20-21-22-25(29)23-26(30)24-27(31)32-28(2,3)4/h6-7,9-10,12-13,15-16,18-19,25-26,29-30H,5,8,11,14,17,20-24H2,1-4H3/b7-6-,10-9-,13-12-,16-15-,19-18-/t25-,26-/m1/s1. The second-order valence-electron chi connectivity index (χ2n) is 8.97. The van der Waals surface area contributed by atoms with E-state index in [0.717, 1.165) is 44.9 Å². The molecule has 0 amide bonds. The van der Waals surface area contributed by atoms with Crippen molar-refractivity contribution >= 4 is 5.97 Å². The highest BCUT2D eigenvalue weighted by Gasteiger charge is 2.20. The van der Waals surface area contributed by atoms with Crippen LogP contribution in [0.5, 0.6) is 0 Å². The third-order valence-corrected chi connectivity index (χ3v) is 4.43. The fourth-order valence-corrected chi connectivity index (χ4v) is 2.93. The molecule has 2 atom stereocenters. The molecule has 0 fully saturated rings. The average molecular weight is 447 g/mol. The molecule has 0 aromatic heterocycles. The van der Waals surface area contributed by atoms with Crippen LogP contribution in [0.25, 0.3) is 0 Å². The van der Waals surface area contributed by atoms with Crippen LogP contribution in [0, 0.1) is 0 Å². The minimum Gasteiger partial charge on any atom is -0.460 e. The van der Waals surface area contributed by atoms with Gasteiger partial charge in [-0.2, -0.15) is 0 Å². The maximum Gasteiger partial charge on any atom is 0.308 e. The molecule has 0 spiro atoms. The number of carbonyl (C=O) groups excluding carboxylic acids is 1. The van der Waals surface area contributed by atoms with Crippen LogP contribution in [-0.4, -0.2) is 34.0 Å². The number of hydrogen-bond acceptors (Lipinski definition) is 4. The molecule has 182 valence electrons. The summed E-state index contributed by atoms with van der Waals surface area (Å²) in [6.07, 6.45) is 27.7. The van der Waals surface area contributed by atoms with Gasteiger partial charge in [0.2, 0.25) is 0 Å². The molecule has 0 aliphatic heterocycles. The van der Waals surface area contributed by atoms with Crippen molar-refractivity contribution < 1.29 is 19.7 Å². The van der Waals surface area contributed by atoms with Gasteiger partial charge in [0.25, 0.3) is 0 Å². The van der Waals surface area contributed by atoms with E-state index in [1.165, 1.54) is 0 Å². The number of carbonyl (C=O) groups is 1. The molecule has 0 heterocycles. The zero-order chi connectivity index (χ0) is 24.1. The van der Waals surface area contributed by atoms with Crippen LogP contribution in [0.3, 0.4) is 0 Å². The summed E-state index contributed by atoms with van der Waals surface area (Å²) in [7, 11) is 0. The lowest BCUT2D eigenvalue weighted by molar-refractivity contribution is -0.157. The van der Waals surface area contributed by atoms with Crippen LogP contribution >= 0.6 is 0 Å². The summed E-state index contributed by atoms with van der Waals surface area (Å²) in [5.41, 5.74) is -0.559. The molecule has 4 heteroatoms. The largest absolute Gasteiger partial charge is 0.460 e. The fourth-order valence-electron chi connectivity index (χ4n) is 2.93. The number of unbranched alkanes of at least 4 members (excludes halogenated alkanes) is 1. The SMILES string of the molecule is CC/C=C\C/C=C\C/C=C\C/C=C\C/C=C\CCC[C@@H](O)C[C@@H](O)CC(=O)OC(C)(C)C. The van der Waals surface area contributed by atoms with Crippen molar-refractivity contribution in [2.75, 3.05) is 0 Å². The molecule has 0 unspecified atom stereocenters. The van der Waals surface area contributed by atoms with Gasteiger partial charge in [-0.3, -0.25) is 4.79 Å². The molecule has 0 aliphatic rings. The van der Waals surface area contributed by atoms with E-state index >= 15 is 0 Å². The molecule has 0 aromatic rings. The molecule has 0 aliphatic carbocycles. The number of aliphatic hydroxyl groups excluding tert-OH is 2. The Morgan fingerprint density at radius 3 is 1.72 bits per heavy atom. The van der Waals surface area contributed by atoms with Gasteiger partial charge in [0, 0.05) is 0 Å². The van der Waals surface area contributed by atoms with E-state index in [9.17, 15) is 15.0 Å². The lowest BCUT2D eigenvalue weighted by Crippen LogP contribution is -2.28. The van der Waals surface area contributed by atoms with Gasteiger partial charge in [-0.15, -0.1) is 0 Å². The first-order valence-electron chi connectivity index (χ1n) is 12.1. The molecule has 2 N–H and O–H groups in total. The third kappa shape index (κ3) is 22.8. The van der Waals surface area contributed by atoms with Gasteiger partial charge in [-0.25, -0.2) is 0 Å². The van der Waals surface area contributed by atoms with Crippen LogP contribution < -0.4 is 0 Å². The first-order chi connectivity index (χ1) is 15.2. The number of aliphatic hydroxyl groups is 2. The van der Waals surface area contributed by atoms with Gasteiger partial charge in [-0.1, -0.05) is 67.7 Å². The summed E-state index contributed by atoms with van der Waals surface area (Å²) in [6, 6.07) is 0. The van der Waals surface area contributed by atoms with Crippen LogP contribution in [0.1, 0.15) is 91.9 Å². The number of rotatable bonds is 17. The van der Waals surface area contributed by atoms with E-state index in [0.29, 0.717) is 6.42 Å². The zero-order valence-corrected chi connectivity index (χ0v) is 20.7. The van der Waals surface area contributed by atoms with Crippen molar-refractivity contribution in [1.82, 2.24) is 0 Å². The van der Waals surface area contributed by atoms with E-state index in [2.05, 4.69) is 67.7 Å². The highest BCUT2D eigenvalue weighted by molar-refractivity contribution is 5.70. The lowest BCUT2D eigenvalue weighted by atomic mass is 10.0. The Kier molecular flexibility index (Phi) is 18.6. The van der Waals surface area contributed by atoms with Gasteiger partial charge in [0.1, 0.15) is 5.60 Å². The minimum atomic E-state index is -0.867. The Labute approximate surface area is 196 Å². The van der Waals surface area contributed by atoms with Gasteiger partial charge >= 0.3 is 5.97 Å². The fraction of sp³-hybridized carbons (Fsp3) is 0.607. The van der Waals surface area contributed by atoms with Crippen molar-refractivity contribution in [1.29, 1.82) is 0 Å². The summed E-state index contributed by atoms with van der Waals surface area (Å²) >= 11 is 0. The summed E-state index contributed by atoms with van der Waals surface area (Å²) in [4.78, 5) is 11.7. The molecule has 32 heavy (non-hydrogen) atoms. The van der Waals surface area contributed by atoms with E-state index in [1.54, 1.807) is 20.8 Å². The molecule has 0 saturated carbocycles. The number of esters is 1. The van der Waals surface area contributed by atoms with Crippen molar-refractivity contribution in [2.45, 2.75) is 110 Å². The molecule has 0 rings (SSSR count). The first-order valence-corrected chi connectivity index (χ1v) is 12.1. The average Bonchev–Trinajstić information content (AvgIpc) is 2.68. The maximum atomic E-state index is 11.7. The van der Waals surface area contributed by atoms with Crippen molar-refractivity contribution in [3.63, 3.8) is 0 Å². The summed E-state index contributed by atoms with van der Waals surface area (Å²) < 4.78 is 5.18. The molecule has 0 aromatic carbocycles. The Balaban J connectivity index is 3.73. The highest BCUT2D eigenvalue weighted by Crippen LogP contribution is 2.13. The zero-order valence-electron chi connectivity index (χ0n) is 20.7. The number of ether oxygens (including phenoxy) is 1. The van der Waals surface area contributed by atoms with Crippen molar-refractivity contribution in [3.05, 3.63) is 60.8 Å². The molecule has 0 radical (unpaired) electrons. The Bertz CT molecular complexity index is 605. The summed E-state index contributed by atoms with van der Waals surface area (Å²) in [6.45, 7) is 7.52. The van der Waals surface area contributed by atoms with Crippen LogP contribution in [0.15, 0.2) is 60.8 Å². The van der Waals surface area contributed by atoms with Crippen molar-refractivity contribution in [3.8, 4) is 0 Å². The topological polar surface area (TPSA) is 66.8 Å². The molecule has 4 nitrogen and oxygen atoms in total. The Hall–Kier alpha value is -1.91. The van der Waals surface area contributed by atoms with E-state index in [-0.39, 0.29) is 12.8 Å². The predicted molar refractivity (Wildman–Crippen MR) is 135 cm³/mol. The van der Waals surface area contributed by atoms with Crippen LogP contribution in [0.4, 0.5) is 0 Å². The third-order valence-electron chi connectivity index (χ3n) is 4.43. The van der Waals surface area contributed by atoms with Crippen molar-refractivity contribution in [2.24, 2.45) is 0 Å². The predicted octanol–water partition coefficient (Wildman–Crippen LogP) is 6.75. The van der Waals surface area contributed by atoms with Crippen LogP contribution in [-0.2, 0) is 9.53 Å². The second-order valence-corrected chi connectivity index (χ2v) is 8.97. The van der Waals surface area contributed by atoms with Gasteiger partial charge in [-0.05, 0) is 78.6 Å². The molecule has 0 saturated heterocycles. The monoisotopic (exact) mass is 446 g/mol. The molecular formula is C28H46O4. The minimum absolute atomic E-state index is 0.0803. The van der Waals surface area contributed by atoms with Gasteiger partial charge in [0.05, 0.1) is 18.6 Å². The summed E-state index contributed by atoms with van der Waals surface area (Å²) in [5.74, 6) is -0.434. The van der Waals surface area contributed by atoms with E-state index < -0.39 is 23.8 Å². The quantitative estimate of drug-likeness (QED) is 0.147. The Morgan fingerprint density at radius 2 is 1.25 bits per heavy atom. The first kappa shape index (κ1) is 30.1. The van der Waals surface area contributed by atoms with Gasteiger partial charge in [0.15, 0.2) is 0 Å². The van der Waals surface area contributed by atoms with E-state index in [4.69, 9.17) is 4.74 Å². The maximum absolute atomic E-state index is 11.7. The Morgan fingerprint density at radius 1 is 0.781 bits per heavy atom. The summed E-state index contributed by atoms with van der Waals surface area (Å²) in [5, 5.41) is 20.0. The second kappa shape index (κ2) is 19.8. The van der Waals surface area contributed by atoms with E-state index in [1.807, 2.05) is 0 Å². The number of allylic oxidation sites excluding steroid dienone is 10. The van der Waals surface area contributed by atoms with Crippen LogP contribution in [0.2, 0.25) is 0 Å². The highest BCUT2D eigenvalue weighted by atomic mass is 16.6. The number of hydrogen-bond donors (Lipinski definition) is 2. The molecular weight excluding hydrogens is 400 g/mol. The smallest absolute Gasteiger partial charge is 0.308 e. The van der Waals surface area contributed by atoms with Gasteiger partial charge < -0.3 is 14.9 Å². The normalized spacial score (nSPS) is 15.1.